The average Bonchev–Trinajstić information content (AvgIpc) is 2.36. The summed E-state index contributed by atoms with van der Waals surface area (Å²) in [5.41, 5.74) is 1.59. The Bertz CT molecular complexity index is 479. The molecule has 0 amide bonds. The van der Waals surface area contributed by atoms with Crippen molar-refractivity contribution in [2.45, 2.75) is 20.3 Å². The van der Waals surface area contributed by atoms with Gasteiger partial charge in [-0.3, -0.25) is 14.9 Å². The normalized spacial score (nSPS) is 11.7. The summed E-state index contributed by atoms with van der Waals surface area (Å²) in [7, 11) is 0. The number of hydrogen-bond donors (Lipinski definition) is 0. The lowest BCUT2D eigenvalue weighted by Gasteiger charge is -2.15. The van der Waals surface area contributed by atoms with E-state index in [0.717, 1.165) is 11.1 Å². The first kappa shape index (κ1) is 14.9. The third-order valence-corrected chi connectivity index (χ3v) is 2.75. The predicted molar refractivity (Wildman–Crippen MR) is 71.7 cm³/mol. The molecule has 0 heterocycles. The van der Waals surface area contributed by atoms with Crippen molar-refractivity contribution in [1.82, 2.24) is 0 Å². The zero-order valence-corrected chi connectivity index (χ0v) is 11.1. The monoisotopic (exact) mass is 263 g/mol. The van der Waals surface area contributed by atoms with Gasteiger partial charge in [0.1, 0.15) is 0 Å². The topological polar surface area (TPSA) is 69.4 Å². The van der Waals surface area contributed by atoms with Gasteiger partial charge in [0.15, 0.2) is 0 Å². The van der Waals surface area contributed by atoms with Crippen LogP contribution in [0.1, 0.15) is 19.4 Å². The van der Waals surface area contributed by atoms with E-state index >= 15 is 0 Å². The fourth-order valence-electron chi connectivity index (χ4n) is 1.69. The van der Waals surface area contributed by atoms with Crippen LogP contribution in [0.4, 0.5) is 5.69 Å². The quantitative estimate of drug-likeness (QED) is 0.342. The average molecular weight is 263 g/mol. The SMILES string of the molecule is C=C(C)C(Cc1ccc([N+](=O)[O-])cc1)C(=O)OCC. The highest BCUT2D eigenvalue weighted by molar-refractivity contribution is 5.75. The largest absolute Gasteiger partial charge is 0.466 e. The molecule has 0 saturated carbocycles. The Labute approximate surface area is 112 Å². The number of nitro benzene ring substituents is 1. The van der Waals surface area contributed by atoms with Gasteiger partial charge in [-0.15, -0.1) is 0 Å². The molecular weight excluding hydrogens is 246 g/mol. The van der Waals surface area contributed by atoms with E-state index in [-0.39, 0.29) is 11.7 Å². The summed E-state index contributed by atoms with van der Waals surface area (Å²) in [6.45, 7) is 7.63. The lowest BCUT2D eigenvalue weighted by molar-refractivity contribution is -0.384. The number of nitrogens with zero attached hydrogens (tertiary/aromatic N) is 1. The van der Waals surface area contributed by atoms with E-state index in [1.54, 1.807) is 26.0 Å². The van der Waals surface area contributed by atoms with Crippen molar-refractivity contribution in [3.63, 3.8) is 0 Å². The lowest BCUT2D eigenvalue weighted by atomic mass is 9.93. The van der Waals surface area contributed by atoms with Gasteiger partial charge < -0.3 is 4.74 Å². The zero-order chi connectivity index (χ0) is 14.4. The summed E-state index contributed by atoms with van der Waals surface area (Å²) in [5.74, 6) is -0.727. The molecule has 0 aromatic heterocycles. The fraction of sp³-hybridized carbons (Fsp3) is 0.357. The van der Waals surface area contributed by atoms with Crippen LogP contribution in [0.5, 0.6) is 0 Å². The second-order valence-corrected chi connectivity index (χ2v) is 4.28. The van der Waals surface area contributed by atoms with Crippen LogP contribution in [-0.4, -0.2) is 17.5 Å². The number of benzene rings is 1. The summed E-state index contributed by atoms with van der Waals surface area (Å²) in [6.07, 6.45) is 0.437. The first-order chi connectivity index (χ1) is 8.95. The van der Waals surface area contributed by atoms with Crippen molar-refractivity contribution in [1.29, 1.82) is 0 Å². The van der Waals surface area contributed by atoms with E-state index in [2.05, 4.69) is 6.58 Å². The van der Waals surface area contributed by atoms with Crippen LogP contribution in [0.2, 0.25) is 0 Å². The smallest absolute Gasteiger partial charge is 0.313 e. The minimum Gasteiger partial charge on any atom is -0.466 e. The molecule has 1 atom stereocenters. The van der Waals surface area contributed by atoms with Crippen molar-refractivity contribution in [2.75, 3.05) is 6.61 Å². The minimum absolute atomic E-state index is 0.0340. The van der Waals surface area contributed by atoms with Crippen LogP contribution >= 0.6 is 0 Å². The first-order valence-electron chi connectivity index (χ1n) is 6.01. The highest BCUT2D eigenvalue weighted by Gasteiger charge is 2.21. The Morgan fingerprint density at radius 1 is 1.42 bits per heavy atom. The van der Waals surface area contributed by atoms with E-state index in [4.69, 9.17) is 4.74 Å². The van der Waals surface area contributed by atoms with E-state index in [1.807, 2.05) is 0 Å². The molecule has 0 saturated heterocycles. The summed E-state index contributed by atoms with van der Waals surface area (Å²) in [6, 6.07) is 6.15. The molecule has 5 heteroatoms. The van der Waals surface area contributed by atoms with Gasteiger partial charge in [0, 0.05) is 12.1 Å². The summed E-state index contributed by atoms with van der Waals surface area (Å²) in [5, 5.41) is 10.6. The second kappa shape index (κ2) is 6.68. The second-order valence-electron chi connectivity index (χ2n) is 4.28. The molecule has 1 aromatic carbocycles. The number of non-ortho nitro benzene ring substituents is 1. The summed E-state index contributed by atoms with van der Waals surface area (Å²) in [4.78, 5) is 21.9. The Balaban J connectivity index is 2.82. The maximum absolute atomic E-state index is 11.8. The number of esters is 1. The van der Waals surface area contributed by atoms with Crippen molar-refractivity contribution < 1.29 is 14.5 Å². The fourth-order valence-corrected chi connectivity index (χ4v) is 1.69. The van der Waals surface area contributed by atoms with Crippen molar-refractivity contribution in [3.8, 4) is 0 Å². The molecule has 1 unspecified atom stereocenters. The molecule has 0 spiro atoms. The lowest BCUT2D eigenvalue weighted by Crippen LogP contribution is -2.20. The molecule has 0 aliphatic heterocycles. The van der Waals surface area contributed by atoms with Gasteiger partial charge in [-0.1, -0.05) is 24.3 Å². The van der Waals surface area contributed by atoms with Crippen molar-refractivity contribution >= 4 is 11.7 Å². The molecule has 0 bridgehead atoms. The molecule has 1 aromatic rings. The minimum atomic E-state index is -0.453. The maximum Gasteiger partial charge on any atom is 0.313 e. The molecule has 1 rings (SSSR count). The maximum atomic E-state index is 11.8. The predicted octanol–water partition coefficient (Wildman–Crippen LogP) is 2.89. The molecular formula is C14H17NO4. The van der Waals surface area contributed by atoms with Gasteiger partial charge in [0.25, 0.3) is 5.69 Å². The number of nitro groups is 1. The highest BCUT2D eigenvalue weighted by Crippen LogP contribution is 2.19. The number of ether oxygens (including phenoxy) is 1. The van der Waals surface area contributed by atoms with E-state index in [9.17, 15) is 14.9 Å². The van der Waals surface area contributed by atoms with E-state index < -0.39 is 10.8 Å². The summed E-state index contributed by atoms with van der Waals surface area (Å²) >= 11 is 0. The Morgan fingerprint density at radius 2 is 2.00 bits per heavy atom. The van der Waals surface area contributed by atoms with Crippen LogP contribution in [0.3, 0.4) is 0 Å². The Kier molecular flexibility index (Phi) is 5.23. The van der Waals surface area contributed by atoms with Gasteiger partial charge in [-0.05, 0) is 25.8 Å². The van der Waals surface area contributed by atoms with Gasteiger partial charge in [-0.2, -0.15) is 0 Å². The van der Waals surface area contributed by atoms with Crippen molar-refractivity contribution in [2.24, 2.45) is 5.92 Å². The number of carbonyl (C=O) groups is 1. The van der Waals surface area contributed by atoms with Crippen LogP contribution < -0.4 is 0 Å². The van der Waals surface area contributed by atoms with Gasteiger partial charge in [0.2, 0.25) is 0 Å². The third kappa shape index (κ3) is 4.21. The standard InChI is InChI=1S/C14H17NO4/c1-4-19-14(16)13(10(2)3)9-11-5-7-12(8-6-11)15(17)18/h5-8,13H,2,4,9H2,1,3H3. The van der Waals surface area contributed by atoms with Crippen LogP contribution in [0.25, 0.3) is 0 Å². The van der Waals surface area contributed by atoms with Gasteiger partial charge in [0.05, 0.1) is 17.4 Å². The van der Waals surface area contributed by atoms with E-state index in [0.29, 0.717) is 13.0 Å². The molecule has 19 heavy (non-hydrogen) atoms. The van der Waals surface area contributed by atoms with Gasteiger partial charge in [-0.25, -0.2) is 0 Å². The highest BCUT2D eigenvalue weighted by atomic mass is 16.6. The van der Waals surface area contributed by atoms with Crippen molar-refractivity contribution in [3.05, 3.63) is 52.1 Å². The molecule has 0 aliphatic carbocycles. The Morgan fingerprint density at radius 3 is 2.42 bits per heavy atom. The molecule has 0 fully saturated rings. The number of hydrogen-bond acceptors (Lipinski definition) is 4. The molecule has 5 nitrogen and oxygen atoms in total. The summed E-state index contributed by atoms with van der Waals surface area (Å²) < 4.78 is 4.99. The van der Waals surface area contributed by atoms with Crippen LogP contribution in [0.15, 0.2) is 36.4 Å². The molecule has 102 valence electrons. The molecule has 0 N–H and O–H groups in total. The number of rotatable bonds is 6. The van der Waals surface area contributed by atoms with Crippen LogP contribution in [-0.2, 0) is 16.0 Å². The zero-order valence-electron chi connectivity index (χ0n) is 11.1. The molecule has 0 aliphatic rings. The van der Waals surface area contributed by atoms with Crippen LogP contribution in [0, 0.1) is 16.0 Å². The number of carbonyl (C=O) groups excluding carboxylic acids is 1. The Hall–Kier alpha value is -2.17. The van der Waals surface area contributed by atoms with E-state index in [1.165, 1.54) is 12.1 Å². The molecule has 0 radical (unpaired) electrons. The van der Waals surface area contributed by atoms with Gasteiger partial charge >= 0.3 is 5.97 Å². The third-order valence-electron chi connectivity index (χ3n) is 2.75. The first-order valence-corrected chi connectivity index (χ1v) is 6.01.